The first kappa shape index (κ1) is 19.1. The smallest absolute Gasteiger partial charge is 0.232 e. The Hall–Kier alpha value is -2.67. The summed E-state index contributed by atoms with van der Waals surface area (Å²) in [6, 6.07) is 9.83. The quantitative estimate of drug-likeness (QED) is 0.844. The fourth-order valence-corrected chi connectivity index (χ4v) is 3.19. The maximum absolute atomic E-state index is 12.9. The lowest BCUT2D eigenvalue weighted by Crippen LogP contribution is -2.37. The SMILES string of the molecule is CC[C@H](C(=O)Nc1cnc(N2CCOCC2)nc1N(C)C)c1ccccc1. The van der Waals surface area contributed by atoms with Crippen LogP contribution in [0.5, 0.6) is 0 Å². The highest BCUT2D eigenvalue weighted by molar-refractivity contribution is 5.97. The van der Waals surface area contributed by atoms with Crippen LogP contribution < -0.4 is 15.1 Å². The van der Waals surface area contributed by atoms with E-state index in [1.54, 1.807) is 6.20 Å². The molecule has 1 aromatic carbocycles. The van der Waals surface area contributed by atoms with Gasteiger partial charge in [-0.25, -0.2) is 4.98 Å². The standard InChI is InChI=1S/C20H27N5O2/c1-4-16(15-8-6-5-7-9-15)19(26)22-17-14-21-20(23-18(17)24(2)3)25-10-12-27-13-11-25/h5-9,14,16H,4,10-13H2,1-3H3,(H,22,26)/t16-/m0/s1. The molecular formula is C20H27N5O2. The van der Waals surface area contributed by atoms with Crippen molar-refractivity contribution in [2.45, 2.75) is 19.3 Å². The summed E-state index contributed by atoms with van der Waals surface area (Å²) in [6.45, 7) is 4.90. The third-order valence-electron chi connectivity index (χ3n) is 4.66. The van der Waals surface area contributed by atoms with E-state index in [0.717, 1.165) is 25.1 Å². The van der Waals surface area contributed by atoms with Crippen LogP contribution in [0.3, 0.4) is 0 Å². The molecule has 27 heavy (non-hydrogen) atoms. The van der Waals surface area contributed by atoms with Crippen LogP contribution in [0.15, 0.2) is 36.5 Å². The topological polar surface area (TPSA) is 70.6 Å². The molecule has 1 saturated heterocycles. The van der Waals surface area contributed by atoms with E-state index in [9.17, 15) is 4.79 Å². The summed E-state index contributed by atoms with van der Waals surface area (Å²) in [5.41, 5.74) is 1.63. The van der Waals surface area contributed by atoms with Gasteiger partial charge in [-0.05, 0) is 12.0 Å². The number of carbonyl (C=O) groups is 1. The molecule has 2 heterocycles. The molecule has 1 aliphatic rings. The minimum atomic E-state index is -0.208. The number of amides is 1. The second-order valence-corrected chi connectivity index (χ2v) is 6.76. The first-order valence-corrected chi connectivity index (χ1v) is 9.33. The number of ether oxygens (including phenoxy) is 1. The van der Waals surface area contributed by atoms with Crippen LogP contribution in [0.2, 0.25) is 0 Å². The van der Waals surface area contributed by atoms with Gasteiger partial charge >= 0.3 is 0 Å². The summed E-state index contributed by atoms with van der Waals surface area (Å²) < 4.78 is 5.39. The summed E-state index contributed by atoms with van der Waals surface area (Å²) in [7, 11) is 3.82. The lowest BCUT2D eigenvalue weighted by Gasteiger charge is -2.28. The second kappa shape index (κ2) is 8.81. The van der Waals surface area contributed by atoms with Crippen LogP contribution >= 0.6 is 0 Å². The highest BCUT2D eigenvalue weighted by atomic mass is 16.5. The number of hydrogen-bond acceptors (Lipinski definition) is 6. The highest BCUT2D eigenvalue weighted by Crippen LogP contribution is 2.27. The van der Waals surface area contributed by atoms with Crippen LogP contribution in [0.25, 0.3) is 0 Å². The largest absolute Gasteiger partial charge is 0.378 e. The van der Waals surface area contributed by atoms with Crippen LogP contribution in [0.1, 0.15) is 24.8 Å². The van der Waals surface area contributed by atoms with Gasteiger partial charge in [-0.3, -0.25) is 4.79 Å². The van der Waals surface area contributed by atoms with Crippen molar-refractivity contribution in [1.82, 2.24) is 9.97 Å². The Balaban J connectivity index is 1.81. The van der Waals surface area contributed by atoms with Gasteiger partial charge in [0.05, 0.1) is 25.3 Å². The molecule has 1 N–H and O–H groups in total. The Morgan fingerprint density at radius 2 is 1.96 bits per heavy atom. The molecule has 0 spiro atoms. The molecule has 0 radical (unpaired) electrons. The molecule has 0 aliphatic carbocycles. The third kappa shape index (κ3) is 4.54. The molecule has 1 amide bonds. The van der Waals surface area contributed by atoms with Crippen LogP contribution in [-0.2, 0) is 9.53 Å². The number of rotatable bonds is 6. The van der Waals surface area contributed by atoms with Gasteiger partial charge < -0.3 is 19.9 Å². The zero-order valence-corrected chi connectivity index (χ0v) is 16.2. The zero-order valence-electron chi connectivity index (χ0n) is 16.2. The van der Waals surface area contributed by atoms with Crippen molar-refractivity contribution in [1.29, 1.82) is 0 Å². The molecule has 144 valence electrons. The molecule has 0 bridgehead atoms. The van der Waals surface area contributed by atoms with E-state index in [0.29, 0.717) is 30.7 Å². The van der Waals surface area contributed by atoms with Crippen molar-refractivity contribution >= 4 is 23.4 Å². The van der Waals surface area contributed by atoms with E-state index in [-0.39, 0.29) is 11.8 Å². The highest BCUT2D eigenvalue weighted by Gasteiger charge is 2.22. The predicted octanol–water partition coefficient (Wildman–Crippen LogP) is 2.51. The Labute approximate surface area is 160 Å². The molecule has 2 aromatic rings. The van der Waals surface area contributed by atoms with E-state index >= 15 is 0 Å². The van der Waals surface area contributed by atoms with Crippen LogP contribution in [0.4, 0.5) is 17.5 Å². The molecule has 1 atom stereocenters. The lowest BCUT2D eigenvalue weighted by molar-refractivity contribution is -0.117. The number of nitrogens with zero attached hydrogens (tertiary/aromatic N) is 4. The number of morpholine rings is 1. The van der Waals surface area contributed by atoms with Crippen LogP contribution in [0, 0.1) is 0 Å². The summed E-state index contributed by atoms with van der Waals surface area (Å²) in [4.78, 5) is 26.0. The average molecular weight is 369 g/mol. The average Bonchev–Trinajstić information content (AvgIpc) is 2.70. The first-order chi connectivity index (χ1) is 13.1. The number of carbonyl (C=O) groups excluding carboxylic acids is 1. The minimum absolute atomic E-state index is 0.0467. The van der Waals surface area contributed by atoms with Gasteiger partial charge in [-0.2, -0.15) is 4.98 Å². The van der Waals surface area contributed by atoms with E-state index in [1.807, 2.05) is 56.3 Å². The Kier molecular flexibility index (Phi) is 6.24. The van der Waals surface area contributed by atoms with Gasteiger partial charge in [0.2, 0.25) is 11.9 Å². The molecule has 7 nitrogen and oxygen atoms in total. The molecule has 1 fully saturated rings. The second-order valence-electron chi connectivity index (χ2n) is 6.76. The Bertz CT molecular complexity index is 760. The summed E-state index contributed by atoms with van der Waals surface area (Å²) in [5.74, 6) is 1.10. The third-order valence-corrected chi connectivity index (χ3v) is 4.66. The first-order valence-electron chi connectivity index (χ1n) is 9.33. The van der Waals surface area contributed by atoms with Crippen molar-refractivity contribution in [3.8, 4) is 0 Å². The van der Waals surface area contributed by atoms with Gasteiger partial charge in [0.15, 0.2) is 5.82 Å². The molecule has 1 aromatic heterocycles. The Morgan fingerprint density at radius 1 is 1.26 bits per heavy atom. The number of nitrogens with one attached hydrogen (secondary N) is 1. The van der Waals surface area contributed by atoms with E-state index in [1.165, 1.54) is 0 Å². The van der Waals surface area contributed by atoms with Gasteiger partial charge in [-0.15, -0.1) is 0 Å². The van der Waals surface area contributed by atoms with Gasteiger partial charge in [-0.1, -0.05) is 37.3 Å². The summed E-state index contributed by atoms with van der Waals surface area (Å²) in [5, 5.41) is 3.02. The van der Waals surface area contributed by atoms with Crippen molar-refractivity contribution < 1.29 is 9.53 Å². The molecule has 0 saturated carbocycles. The monoisotopic (exact) mass is 369 g/mol. The van der Waals surface area contributed by atoms with E-state index in [4.69, 9.17) is 4.74 Å². The van der Waals surface area contributed by atoms with Crippen molar-refractivity contribution in [3.63, 3.8) is 0 Å². The van der Waals surface area contributed by atoms with Gasteiger partial charge in [0, 0.05) is 27.2 Å². The molecule has 1 aliphatic heterocycles. The number of anilines is 3. The van der Waals surface area contributed by atoms with Crippen molar-refractivity contribution in [2.24, 2.45) is 0 Å². The minimum Gasteiger partial charge on any atom is -0.378 e. The number of benzene rings is 1. The molecule has 7 heteroatoms. The Morgan fingerprint density at radius 3 is 2.59 bits per heavy atom. The maximum Gasteiger partial charge on any atom is 0.232 e. The van der Waals surface area contributed by atoms with Crippen molar-refractivity contribution in [2.75, 3.05) is 55.5 Å². The van der Waals surface area contributed by atoms with E-state index in [2.05, 4.69) is 20.2 Å². The predicted molar refractivity (Wildman–Crippen MR) is 107 cm³/mol. The van der Waals surface area contributed by atoms with Gasteiger partial charge in [0.25, 0.3) is 0 Å². The summed E-state index contributed by atoms with van der Waals surface area (Å²) in [6.07, 6.45) is 2.42. The molecule has 0 unspecified atom stereocenters. The number of hydrogen-bond donors (Lipinski definition) is 1. The summed E-state index contributed by atoms with van der Waals surface area (Å²) >= 11 is 0. The van der Waals surface area contributed by atoms with Gasteiger partial charge in [0.1, 0.15) is 5.69 Å². The normalized spacial score (nSPS) is 15.3. The van der Waals surface area contributed by atoms with Crippen LogP contribution in [-0.4, -0.2) is 56.3 Å². The molecular weight excluding hydrogens is 342 g/mol. The fourth-order valence-electron chi connectivity index (χ4n) is 3.19. The maximum atomic E-state index is 12.9. The molecule has 3 rings (SSSR count). The van der Waals surface area contributed by atoms with E-state index < -0.39 is 0 Å². The van der Waals surface area contributed by atoms with Crippen molar-refractivity contribution in [3.05, 3.63) is 42.1 Å². The fraction of sp³-hybridized carbons (Fsp3) is 0.450. The number of aromatic nitrogens is 2. The zero-order chi connectivity index (χ0) is 19.2. The lowest BCUT2D eigenvalue weighted by atomic mass is 9.95.